The number of nitrogens with zero attached hydrogens (tertiary/aromatic N) is 2. The van der Waals surface area contributed by atoms with E-state index in [0.29, 0.717) is 30.6 Å². The molecule has 1 aromatic rings. The molecule has 0 spiro atoms. The summed E-state index contributed by atoms with van der Waals surface area (Å²) in [6.45, 7) is 6.07. The lowest BCUT2D eigenvalue weighted by Crippen LogP contribution is -2.26. The molecule has 5 nitrogen and oxygen atoms in total. The van der Waals surface area contributed by atoms with Gasteiger partial charge < -0.3 is 10.4 Å². The maximum Gasteiger partial charge on any atom is 0.253 e. The molecule has 1 aromatic heterocycles. The number of carbonyl (C=O) groups is 1. The van der Waals surface area contributed by atoms with E-state index in [2.05, 4.69) is 15.5 Å². The van der Waals surface area contributed by atoms with Gasteiger partial charge in [-0.3, -0.25) is 4.79 Å². The third kappa shape index (κ3) is 4.41. The Morgan fingerprint density at radius 2 is 2.22 bits per heavy atom. The van der Waals surface area contributed by atoms with Crippen molar-refractivity contribution in [2.24, 2.45) is 0 Å². The van der Waals surface area contributed by atoms with Crippen LogP contribution in [0.25, 0.3) is 0 Å². The highest BCUT2D eigenvalue weighted by Crippen LogP contribution is 2.07. The largest absolute Gasteiger partial charge is 0.393 e. The van der Waals surface area contributed by atoms with Gasteiger partial charge in [0.15, 0.2) is 0 Å². The van der Waals surface area contributed by atoms with Crippen LogP contribution in [0.5, 0.6) is 0 Å². The van der Waals surface area contributed by atoms with Gasteiger partial charge in [0.2, 0.25) is 0 Å². The summed E-state index contributed by atoms with van der Waals surface area (Å²) in [6.07, 6.45) is 1.82. The molecule has 18 heavy (non-hydrogen) atoms. The van der Waals surface area contributed by atoms with E-state index in [9.17, 15) is 4.79 Å². The Labute approximate surface area is 108 Å². The molecule has 0 saturated heterocycles. The summed E-state index contributed by atoms with van der Waals surface area (Å²) >= 11 is 0. The van der Waals surface area contributed by atoms with Gasteiger partial charge in [-0.05, 0) is 39.2 Å². The van der Waals surface area contributed by atoms with Crippen LogP contribution in [0.3, 0.4) is 0 Å². The van der Waals surface area contributed by atoms with Gasteiger partial charge in [0, 0.05) is 6.54 Å². The molecule has 0 aromatic carbocycles. The molecule has 0 fully saturated rings. The molecule has 0 radical (unpaired) electrons. The maximum atomic E-state index is 12.0. The van der Waals surface area contributed by atoms with Crippen molar-refractivity contribution >= 4 is 5.91 Å². The van der Waals surface area contributed by atoms with E-state index < -0.39 is 0 Å². The van der Waals surface area contributed by atoms with Gasteiger partial charge in [0.1, 0.15) is 0 Å². The zero-order valence-electron chi connectivity index (χ0n) is 11.2. The van der Waals surface area contributed by atoms with Gasteiger partial charge in [-0.2, -0.15) is 10.2 Å². The van der Waals surface area contributed by atoms with Crippen LogP contribution in [0.15, 0.2) is 6.07 Å². The standard InChI is InChI=1S/C13H21N3O2/c1-4-12-11(8-9(2)15-16-12)13(18)14-7-5-6-10(3)17/h8,10,17H,4-7H2,1-3H3,(H,14,18). The fourth-order valence-corrected chi connectivity index (χ4v) is 1.67. The van der Waals surface area contributed by atoms with Crippen molar-refractivity contribution < 1.29 is 9.90 Å². The predicted octanol–water partition coefficient (Wildman–Crippen LogP) is 1.24. The number of aryl methyl sites for hydroxylation is 2. The maximum absolute atomic E-state index is 12.0. The summed E-state index contributed by atoms with van der Waals surface area (Å²) in [5.41, 5.74) is 2.05. The molecule has 2 N–H and O–H groups in total. The van der Waals surface area contributed by atoms with Crippen molar-refractivity contribution in [3.63, 3.8) is 0 Å². The topological polar surface area (TPSA) is 75.1 Å². The first-order valence-corrected chi connectivity index (χ1v) is 6.34. The second kappa shape index (κ2) is 7.06. The Hall–Kier alpha value is -1.49. The van der Waals surface area contributed by atoms with Gasteiger partial charge >= 0.3 is 0 Å². The van der Waals surface area contributed by atoms with Crippen LogP contribution in [0.2, 0.25) is 0 Å². The quantitative estimate of drug-likeness (QED) is 0.746. The van der Waals surface area contributed by atoms with Crippen molar-refractivity contribution in [1.29, 1.82) is 0 Å². The molecule has 1 atom stereocenters. The molecule has 0 aliphatic heterocycles. The summed E-state index contributed by atoms with van der Waals surface area (Å²) in [5, 5.41) is 19.9. The number of carbonyl (C=O) groups excluding carboxylic acids is 1. The Kier molecular flexibility index (Phi) is 5.71. The van der Waals surface area contributed by atoms with Crippen LogP contribution in [0, 0.1) is 6.92 Å². The van der Waals surface area contributed by atoms with Crippen LogP contribution in [0.1, 0.15) is 48.4 Å². The van der Waals surface area contributed by atoms with E-state index in [0.717, 1.165) is 12.1 Å². The van der Waals surface area contributed by atoms with Crippen LogP contribution in [-0.4, -0.2) is 33.9 Å². The zero-order valence-corrected chi connectivity index (χ0v) is 11.2. The number of nitrogens with one attached hydrogen (secondary N) is 1. The molecule has 0 bridgehead atoms. The number of hydrogen-bond acceptors (Lipinski definition) is 4. The summed E-state index contributed by atoms with van der Waals surface area (Å²) in [7, 11) is 0. The number of amides is 1. The van der Waals surface area contributed by atoms with Crippen LogP contribution in [-0.2, 0) is 6.42 Å². The number of aliphatic hydroxyl groups excluding tert-OH is 1. The summed E-state index contributed by atoms with van der Waals surface area (Å²) in [6, 6.07) is 1.76. The molecule has 1 rings (SSSR count). The second-order valence-electron chi connectivity index (χ2n) is 4.45. The Morgan fingerprint density at radius 1 is 1.50 bits per heavy atom. The first kappa shape index (κ1) is 14.6. The Bertz CT molecular complexity index is 405. The fourth-order valence-electron chi connectivity index (χ4n) is 1.67. The van der Waals surface area contributed by atoms with E-state index in [1.54, 1.807) is 13.0 Å². The lowest BCUT2D eigenvalue weighted by molar-refractivity contribution is 0.0948. The van der Waals surface area contributed by atoms with E-state index in [1.165, 1.54) is 0 Å². The average Bonchev–Trinajstić information content (AvgIpc) is 2.34. The van der Waals surface area contributed by atoms with Gasteiger partial charge in [-0.25, -0.2) is 0 Å². The molecule has 0 aliphatic carbocycles. The molecule has 1 amide bonds. The zero-order chi connectivity index (χ0) is 13.5. The first-order valence-electron chi connectivity index (χ1n) is 6.34. The Balaban J connectivity index is 2.58. The Morgan fingerprint density at radius 3 is 2.83 bits per heavy atom. The minimum Gasteiger partial charge on any atom is -0.393 e. The summed E-state index contributed by atoms with van der Waals surface area (Å²) in [4.78, 5) is 12.0. The minimum absolute atomic E-state index is 0.115. The first-order chi connectivity index (χ1) is 8.54. The van der Waals surface area contributed by atoms with Crippen molar-refractivity contribution in [2.45, 2.75) is 46.1 Å². The van der Waals surface area contributed by atoms with Gasteiger partial charge in [0.05, 0.1) is 23.1 Å². The summed E-state index contributed by atoms with van der Waals surface area (Å²) < 4.78 is 0. The van der Waals surface area contributed by atoms with Crippen LogP contribution in [0.4, 0.5) is 0 Å². The number of hydrogen-bond donors (Lipinski definition) is 2. The third-order valence-electron chi connectivity index (χ3n) is 2.66. The van der Waals surface area contributed by atoms with Crippen molar-refractivity contribution in [3.8, 4) is 0 Å². The molecule has 0 aliphatic rings. The highest BCUT2D eigenvalue weighted by molar-refractivity contribution is 5.95. The number of aliphatic hydroxyl groups is 1. The number of rotatable bonds is 6. The molecule has 100 valence electrons. The highest BCUT2D eigenvalue weighted by Gasteiger charge is 2.12. The SMILES string of the molecule is CCc1nnc(C)cc1C(=O)NCCCC(C)O. The van der Waals surface area contributed by atoms with Gasteiger partial charge in [-0.15, -0.1) is 0 Å². The van der Waals surface area contributed by atoms with Crippen LogP contribution >= 0.6 is 0 Å². The molecular weight excluding hydrogens is 230 g/mol. The van der Waals surface area contributed by atoms with E-state index in [1.807, 2.05) is 13.8 Å². The molecule has 0 saturated carbocycles. The smallest absolute Gasteiger partial charge is 0.253 e. The predicted molar refractivity (Wildman–Crippen MR) is 69.4 cm³/mol. The highest BCUT2D eigenvalue weighted by atomic mass is 16.3. The van der Waals surface area contributed by atoms with Crippen molar-refractivity contribution in [1.82, 2.24) is 15.5 Å². The summed E-state index contributed by atoms with van der Waals surface area (Å²) in [5.74, 6) is -0.115. The van der Waals surface area contributed by atoms with Gasteiger partial charge in [0.25, 0.3) is 5.91 Å². The number of aromatic nitrogens is 2. The lowest BCUT2D eigenvalue weighted by atomic mass is 10.1. The molecular formula is C13H21N3O2. The second-order valence-corrected chi connectivity index (χ2v) is 4.45. The normalized spacial score (nSPS) is 12.2. The minimum atomic E-state index is -0.321. The molecule has 1 unspecified atom stereocenters. The van der Waals surface area contributed by atoms with E-state index >= 15 is 0 Å². The van der Waals surface area contributed by atoms with Crippen molar-refractivity contribution in [2.75, 3.05) is 6.54 Å². The monoisotopic (exact) mass is 251 g/mol. The third-order valence-corrected chi connectivity index (χ3v) is 2.66. The lowest BCUT2D eigenvalue weighted by Gasteiger charge is -2.09. The van der Waals surface area contributed by atoms with E-state index in [-0.39, 0.29) is 12.0 Å². The molecule has 5 heteroatoms. The van der Waals surface area contributed by atoms with Crippen molar-refractivity contribution in [3.05, 3.63) is 23.0 Å². The average molecular weight is 251 g/mol. The van der Waals surface area contributed by atoms with Gasteiger partial charge in [-0.1, -0.05) is 6.92 Å². The fraction of sp³-hybridized carbons (Fsp3) is 0.615. The molecule has 1 heterocycles. The van der Waals surface area contributed by atoms with E-state index in [4.69, 9.17) is 5.11 Å². The van der Waals surface area contributed by atoms with Crippen LogP contribution < -0.4 is 5.32 Å².